The number of hydrogen-bond donors (Lipinski definition) is 8. The maximum Gasteiger partial charge on any atom is 0.190 e. The van der Waals surface area contributed by atoms with Gasteiger partial charge in [0.05, 0.1) is 19.3 Å². The smallest absolute Gasteiger partial charge is 0.190 e. The number of ether oxygens (including phenoxy) is 2. The molecular formula is C12H22O10. The fraction of sp³-hybridized carbons (Fsp3) is 1.00. The van der Waals surface area contributed by atoms with E-state index in [1.807, 2.05) is 0 Å². The van der Waals surface area contributed by atoms with Crippen LogP contribution in [-0.2, 0) is 9.47 Å². The van der Waals surface area contributed by atoms with Gasteiger partial charge in [-0.05, 0) is 6.92 Å². The molecule has 2 fully saturated rings. The summed E-state index contributed by atoms with van der Waals surface area (Å²) >= 11 is 0. The average molecular weight is 326 g/mol. The van der Waals surface area contributed by atoms with Crippen LogP contribution in [0.5, 0.6) is 0 Å². The maximum absolute atomic E-state index is 10.7. The SMILES string of the molecule is C[C@H]1OC[C@@H](O)[C@@H](O)[C@]1(O)[C@]1(O)[C@@H](O)O[C@H](CO)[C@@H](O)[C@@H]1O. The summed E-state index contributed by atoms with van der Waals surface area (Å²) < 4.78 is 9.87. The molecular weight excluding hydrogens is 304 g/mol. The molecule has 0 spiro atoms. The summed E-state index contributed by atoms with van der Waals surface area (Å²) in [5.41, 5.74) is -5.72. The van der Waals surface area contributed by atoms with E-state index in [0.717, 1.165) is 0 Å². The van der Waals surface area contributed by atoms with Crippen LogP contribution in [0.2, 0.25) is 0 Å². The predicted octanol–water partition coefficient (Wildman–Crippen LogP) is -4.98. The molecule has 0 aromatic rings. The molecule has 0 unspecified atom stereocenters. The first-order chi connectivity index (χ1) is 10.1. The lowest BCUT2D eigenvalue weighted by atomic mass is 9.66. The molecule has 10 heteroatoms. The lowest BCUT2D eigenvalue weighted by molar-refractivity contribution is -0.404. The van der Waals surface area contributed by atoms with Crippen molar-refractivity contribution in [1.29, 1.82) is 0 Å². The Morgan fingerprint density at radius 3 is 2.14 bits per heavy atom. The van der Waals surface area contributed by atoms with Gasteiger partial charge in [0.2, 0.25) is 0 Å². The zero-order valence-electron chi connectivity index (χ0n) is 11.8. The third kappa shape index (κ3) is 2.19. The Bertz CT molecular complexity index is 407. The molecule has 0 saturated carbocycles. The topological polar surface area (TPSA) is 180 Å². The van der Waals surface area contributed by atoms with Crippen molar-refractivity contribution in [2.75, 3.05) is 13.2 Å². The molecule has 2 rings (SSSR count). The highest BCUT2D eigenvalue weighted by molar-refractivity contribution is 5.18. The maximum atomic E-state index is 10.7. The first-order valence-corrected chi connectivity index (χ1v) is 6.85. The molecule has 22 heavy (non-hydrogen) atoms. The lowest BCUT2D eigenvalue weighted by Crippen LogP contribution is -2.83. The van der Waals surface area contributed by atoms with E-state index in [1.165, 1.54) is 6.92 Å². The van der Waals surface area contributed by atoms with Gasteiger partial charge in [-0.25, -0.2) is 0 Å². The van der Waals surface area contributed by atoms with Crippen molar-refractivity contribution in [1.82, 2.24) is 0 Å². The van der Waals surface area contributed by atoms with Crippen molar-refractivity contribution in [2.45, 2.75) is 61.0 Å². The molecule has 0 aromatic carbocycles. The van der Waals surface area contributed by atoms with Crippen molar-refractivity contribution in [3.05, 3.63) is 0 Å². The average Bonchev–Trinajstić information content (AvgIpc) is 2.50. The highest BCUT2D eigenvalue weighted by Crippen LogP contribution is 2.44. The minimum absolute atomic E-state index is 0.338. The molecule has 0 radical (unpaired) electrons. The van der Waals surface area contributed by atoms with E-state index < -0.39 is 60.7 Å². The minimum Gasteiger partial charge on any atom is -0.394 e. The van der Waals surface area contributed by atoms with Crippen molar-refractivity contribution in [3.63, 3.8) is 0 Å². The Morgan fingerprint density at radius 1 is 1.00 bits per heavy atom. The van der Waals surface area contributed by atoms with E-state index in [2.05, 4.69) is 0 Å². The van der Waals surface area contributed by atoms with Gasteiger partial charge < -0.3 is 50.3 Å². The van der Waals surface area contributed by atoms with Crippen LogP contribution in [0, 0.1) is 0 Å². The monoisotopic (exact) mass is 326 g/mol. The van der Waals surface area contributed by atoms with Gasteiger partial charge in [-0.1, -0.05) is 0 Å². The van der Waals surface area contributed by atoms with Crippen LogP contribution in [0.3, 0.4) is 0 Å². The van der Waals surface area contributed by atoms with Gasteiger partial charge in [-0.15, -0.1) is 0 Å². The Kier molecular flexibility index (Phi) is 4.82. The fourth-order valence-corrected chi connectivity index (χ4v) is 3.10. The summed E-state index contributed by atoms with van der Waals surface area (Å²) in [6.07, 6.45) is -12.6. The van der Waals surface area contributed by atoms with Crippen LogP contribution in [-0.4, -0.2) is 108 Å². The Hall–Kier alpha value is -0.400. The first kappa shape index (κ1) is 17.9. The molecule has 10 nitrogen and oxygen atoms in total. The van der Waals surface area contributed by atoms with Crippen LogP contribution < -0.4 is 0 Å². The fourth-order valence-electron chi connectivity index (χ4n) is 3.10. The van der Waals surface area contributed by atoms with E-state index in [0.29, 0.717) is 0 Å². The van der Waals surface area contributed by atoms with Gasteiger partial charge in [0.25, 0.3) is 0 Å². The van der Waals surface area contributed by atoms with Crippen LogP contribution in [0.25, 0.3) is 0 Å². The van der Waals surface area contributed by atoms with Crippen LogP contribution in [0.15, 0.2) is 0 Å². The lowest BCUT2D eigenvalue weighted by Gasteiger charge is -2.58. The zero-order chi connectivity index (χ0) is 16.9. The summed E-state index contributed by atoms with van der Waals surface area (Å²) in [4.78, 5) is 0. The molecule has 0 bridgehead atoms. The van der Waals surface area contributed by atoms with Gasteiger partial charge in [0.1, 0.15) is 30.5 Å². The Balaban J connectivity index is 2.46. The van der Waals surface area contributed by atoms with Crippen molar-refractivity contribution in [2.24, 2.45) is 0 Å². The van der Waals surface area contributed by atoms with Gasteiger partial charge >= 0.3 is 0 Å². The number of aliphatic hydroxyl groups is 8. The molecule has 2 aliphatic heterocycles. The largest absolute Gasteiger partial charge is 0.394 e. The van der Waals surface area contributed by atoms with Crippen molar-refractivity contribution >= 4 is 0 Å². The molecule has 2 heterocycles. The molecule has 0 aliphatic carbocycles. The third-order valence-electron chi connectivity index (χ3n) is 4.61. The molecule has 130 valence electrons. The third-order valence-corrected chi connectivity index (χ3v) is 4.61. The molecule has 9 atom stereocenters. The summed E-state index contributed by atoms with van der Waals surface area (Å²) in [7, 11) is 0. The highest BCUT2D eigenvalue weighted by Gasteiger charge is 2.71. The summed E-state index contributed by atoms with van der Waals surface area (Å²) in [5, 5.41) is 80.2. The number of rotatable bonds is 2. The summed E-state index contributed by atoms with van der Waals surface area (Å²) in [6.45, 7) is 0.146. The van der Waals surface area contributed by atoms with Gasteiger partial charge in [0.15, 0.2) is 17.5 Å². The van der Waals surface area contributed by atoms with Gasteiger partial charge in [-0.3, -0.25) is 0 Å². The van der Waals surface area contributed by atoms with Crippen LogP contribution in [0.1, 0.15) is 6.92 Å². The zero-order valence-corrected chi connectivity index (χ0v) is 11.8. The quantitative estimate of drug-likeness (QED) is 0.245. The summed E-state index contributed by atoms with van der Waals surface area (Å²) in [6, 6.07) is 0. The van der Waals surface area contributed by atoms with Gasteiger partial charge in [-0.2, -0.15) is 0 Å². The number of aliphatic hydroxyl groups excluding tert-OH is 6. The molecule has 2 saturated heterocycles. The van der Waals surface area contributed by atoms with E-state index in [-0.39, 0.29) is 6.61 Å². The van der Waals surface area contributed by atoms with Crippen LogP contribution in [0.4, 0.5) is 0 Å². The standard InChI is InChI=1S/C12H22O10/c1-4-11(19,8(16)5(14)3-21-4)12(20)9(17)7(15)6(2-13)22-10(12)18/h4-10,13-20H,2-3H2,1H3/t4-,5-,6-,7-,8-,9+,10+,11+,12-/m1/s1. The van der Waals surface area contributed by atoms with E-state index in [4.69, 9.17) is 14.6 Å². The van der Waals surface area contributed by atoms with Crippen molar-refractivity contribution in [3.8, 4) is 0 Å². The predicted molar refractivity (Wildman–Crippen MR) is 67.3 cm³/mol. The molecule has 0 aromatic heterocycles. The molecule has 2 aliphatic rings. The first-order valence-electron chi connectivity index (χ1n) is 6.85. The molecule has 0 amide bonds. The Morgan fingerprint density at radius 2 is 1.59 bits per heavy atom. The summed E-state index contributed by atoms with van der Waals surface area (Å²) in [5.74, 6) is 0. The Labute approximate surface area is 125 Å². The highest BCUT2D eigenvalue weighted by atomic mass is 16.6. The normalized spacial score (nSPS) is 56.9. The minimum atomic E-state index is -2.97. The second-order valence-electron chi connectivity index (χ2n) is 5.78. The van der Waals surface area contributed by atoms with E-state index >= 15 is 0 Å². The second kappa shape index (κ2) is 5.91. The number of hydrogen-bond acceptors (Lipinski definition) is 10. The molecule has 8 N–H and O–H groups in total. The van der Waals surface area contributed by atoms with Gasteiger partial charge in [0, 0.05) is 0 Å². The second-order valence-corrected chi connectivity index (χ2v) is 5.78. The van der Waals surface area contributed by atoms with Crippen LogP contribution >= 0.6 is 0 Å². The van der Waals surface area contributed by atoms with E-state index in [1.54, 1.807) is 0 Å². The van der Waals surface area contributed by atoms with E-state index in [9.17, 15) is 35.7 Å². The van der Waals surface area contributed by atoms with Crippen molar-refractivity contribution < 1.29 is 50.3 Å².